The molecule has 0 spiro atoms. The molecule has 2 bridgehead atoms. The van der Waals surface area contributed by atoms with E-state index in [9.17, 15) is 0 Å². The number of nitrogens with zero attached hydrogens (tertiary/aromatic N) is 6. The molecule has 9 aromatic rings. The summed E-state index contributed by atoms with van der Waals surface area (Å²) in [4.78, 5) is 30.8. The number of aromatic nitrogens is 6. The fourth-order valence-corrected chi connectivity index (χ4v) is 9.32. The zero-order chi connectivity index (χ0) is 37.7. The van der Waals surface area contributed by atoms with E-state index in [1.165, 1.54) is 31.2 Å². The Labute approximate surface area is 331 Å². The zero-order valence-corrected chi connectivity index (χ0v) is 31.3. The highest BCUT2D eigenvalue weighted by Gasteiger charge is 2.40. The molecule has 0 aliphatic heterocycles. The predicted octanol–water partition coefficient (Wildman–Crippen LogP) is 12.3. The van der Waals surface area contributed by atoms with E-state index in [0.717, 1.165) is 66.8 Å². The van der Waals surface area contributed by atoms with Crippen molar-refractivity contribution in [1.29, 1.82) is 0 Å². The molecular weight excluding hydrogens is 697 g/mol. The Balaban J connectivity index is 1.06. The van der Waals surface area contributed by atoms with Gasteiger partial charge in [0.05, 0.1) is 0 Å². The van der Waals surface area contributed by atoms with Gasteiger partial charge in [0.15, 0.2) is 34.9 Å². The summed E-state index contributed by atoms with van der Waals surface area (Å²) in [5.74, 6) is 6.19. The van der Waals surface area contributed by atoms with Crippen molar-refractivity contribution in [3.63, 3.8) is 0 Å². The van der Waals surface area contributed by atoms with Crippen LogP contribution in [0.1, 0.15) is 37.2 Å². The van der Waals surface area contributed by atoms with Crippen LogP contribution in [0.15, 0.2) is 164 Å². The molecule has 6 heteroatoms. The average Bonchev–Trinajstić information content (AvgIpc) is 3.94. The first-order valence-electron chi connectivity index (χ1n) is 20.0. The number of benzene rings is 7. The van der Waals surface area contributed by atoms with Crippen LogP contribution < -0.4 is 0 Å². The third-order valence-electron chi connectivity index (χ3n) is 12.1. The monoisotopic (exact) mass is 734 g/mol. The van der Waals surface area contributed by atoms with Crippen LogP contribution in [-0.4, -0.2) is 29.9 Å². The van der Waals surface area contributed by atoms with Crippen molar-refractivity contribution in [2.75, 3.05) is 0 Å². The standard InChI is InChI=1S/C51H38N6/c1-3-13-35(14-4-1)46-52-48(37-26-24-34(25-27-37)45-31-32-22-23-38(45)30-32)56-50(53-46)43-28-29-44(41-20-10-9-19-40(41)43)51-55-47(36-15-5-2-6-16-36)54-49(57-51)42-21-11-17-33-12-7-8-18-39(33)42/h1-21,24-29,32,38,45H,22-23,30-31H2. The maximum atomic E-state index is 5.19. The topological polar surface area (TPSA) is 77.3 Å². The summed E-state index contributed by atoms with van der Waals surface area (Å²) in [6, 6.07) is 56.6. The number of fused-ring (bicyclic) bond motifs is 4. The Kier molecular flexibility index (Phi) is 8.20. The van der Waals surface area contributed by atoms with Gasteiger partial charge in [-0.25, -0.2) is 29.9 Å². The van der Waals surface area contributed by atoms with Crippen LogP contribution >= 0.6 is 0 Å². The molecule has 0 radical (unpaired) electrons. The molecule has 11 rings (SSSR count). The van der Waals surface area contributed by atoms with Crippen LogP contribution in [0.4, 0.5) is 0 Å². The van der Waals surface area contributed by atoms with Gasteiger partial charge in [0.1, 0.15) is 0 Å². The molecule has 272 valence electrons. The van der Waals surface area contributed by atoms with E-state index in [4.69, 9.17) is 29.9 Å². The molecule has 2 aliphatic rings. The van der Waals surface area contributed by atoms with Crippen molar-refractivity contribution in [3.05, 3.63) is 169 Å². The van der Waals surface area contributed by atoms with Crippen LogP contribution in [0.3, 0.4) is 0 Å². The summed E-state index contributed by atoms with van der Waals surface area (Å²) in [6.45, 7) is 0. The van der Waals surface area contributed by atoms with Crippen molar-refractivity contribution in [3.8, 4) is 68.3 Å². The summed E-state index contributed by atoms with van der Waals surface area (Å²) >= 11 is 0. The normalized spacial score (nSPS) is 17.4. The molecule has 6 nitrogen and oxygen atoms in total. The summed E-state index contributed by atoms with van der Waals surface area (Å²) in [7, 11) is 0. The summed E-state index contributed by atoms with van der Waals surface area (Å²) in [6.07, 6.45) is 5.49. The average molecular weight is 735 g/mol. The molecule has 57 heavy (non-hydrogen) atoms. The van der Waals surface area contributed by atoms with Gasteiger partial charge in [-0.05, 0) is 76.3 Å². The molecule has 3 unspecified atom stereocenters. The minimum Gasteiger partial charge on any atom is -0.208 e. The molecule has 0 amide bonds. The van der Waals surface area contributed by atoms with Crippen molar-refractivity contribution >= 4 is 21.5 Å². The highest BCUT2D eigenvalue weighted by atomic mass is 15.0. The van der Waals surface area contributed by atoms with Crippen LogP contribution in [0.2, 0.25) is 0 Å². The Morgan fingerprint density at radius 3 is 1.33 bits per heavy atom. The first-order valence-corrected chi connectivity index (χ1v) is 20.0. The van der Waals surface area contributed by atoms with Gasteiger partial charge in [-0.3, -0.25) is 0 Å². The van der Waals surface area contributed by atoms with Crippen molar-refractivity contribution in [2.24, 2.45) is 11.8 Å². The van der Waals surface area contributed by atoms with E-state index in [0.29, 0.717) is 40.9 Å². The summed E-state index contributed by atoms with van der Waals surface area (Å²) in [5.41, 5.74) is 7.10. The van der Waals surface area contributed by atoms with Crippen molar-refractivity contribution in [1.82, 2.24) is 29.9 Å². The molecule has 7 aromatic carbocycles. The maximum absolute atomic E-state index is 5.19. The Morgan fingerprint density at radius 1 is 0.333 bits per heavy atom. The number of rotatable bonds is 7. The quantitative estimate of drug-likeness (QED) is 0.162. The van der Waals surface area contributed by atoms with Crippen LogP contribution in [0.25, 0.3) is 89.9 Å². The fourth-order valence-electron chi connectivity index (χ4n) is 9.32. The first kappa shape index (κ1) is 33.4. The molecule has 3 atom stereocenters. The summed E-state index contributed by atoms with van der Waals surface area (Å²) in [5, 5.41) is 4.24. The van der Waals surface area contributed by atoms with E-state index < -0.39 is 0 Å². The van der Waals surface area contributed by atoms with E-state index >= 15 is 0 Å². The lowest BCUT2D eigenvalue weighted by molar-refractivity contribution is 0.420. The van der Waals surface area contributed by atoms with Gasteiger partial charge in [-0.1, -0.05) is 158 Å². The lowest BCUT2D eigenvalue weighted by Crippen LogP contribution is -2.08. The predicted molar refractivity (Wildman–Crippen MR) is 229 cm³/mol. The molecule has 0 N–H and O–H groups in total. The second-order valence-electron chi connectivity index (χ2n) is 15.5. The van der Waals surface area contributed by atoms with Crippen LogP contribution in [-0.2, 0) is 0 Å². The second-order valence-corrected chi connectivity index (χ2v) is 15.5. The lowest BCUT2D eigenvalue weighted by Gasteiger charge is -2.22. The van der Waals surface area contributed by atoms with Gasteiger partial charge in [0.2, 0.25) is 0 Å². The molecule has 2 saturated carbocycles. The van der Waals surface area contributed by atoms with E-state index in [2.05, 4.69) is 115 Å². The minimum absolute atomic E-state index is 0.603. The SMILES string of the molecule is c1ccc(-c2nc(-c3ccc(C4CC5CCC4C5)cc3)nc(-c3ccc(-c4nc(-c5ccccc5)nc(-c5cccc6ccccc56)n4)c4ccccc34)n2)cc1. The van der Waals surface area contributed by atoms with Gasteiger partial charge >= 0.3 is 0 Å². The molecular formula is C51H38N6. The molecule has 2 fully saturated rings. The lowest BCUT2D eigenvalue weighted by atomic mass is 9.83. The minimum atomic E-state index is 0.603. The highest BCUT2D eigenvalue weighted by molar-refractivity contribution is 6.04. The Bertz CT molecular complexity index is 2920. The highest BCUT2D eigenvalue weighted by Crippen LogP contribution is 2.53. The molecule has 2 heterocycles. The second kappa shape index (κ2) is 14.0. The third kappa shape index (κ3) is 6.14. The van der Waals surface area contributed by atoms with Gasteiger partial charge in [-0.15, -0.1) is 0 Å². The Hall–Kier alpha value is -6.92. The third-order valence-corrected chi connectivity index (χ3v) is 12.1. The van der Waals surface area contributed by atoms with Crippen LogP contribution in [0, 0.1) is 11.8 Å². The smallest absolute Gasteiger partial charge is 0.164 e. The maximum Gasteiger partial charge on any atom is 0.164 e. The van der Waals surface area contributed by atoms with E-state index in [1.54, 1.807) is 0 Å². The Morgan fingerprint density at radius 2 is 0.789 bits per heavy atom. The van der Waals surface area contributed by atoms with E-state index in [1.807, 2.05) is 48.5 Å². The zero-order valence-electron chi connectivity index (χ0n) is 31.3. The molecule has 0 saturated heterocycles. The largest absolute Gasteiger partial charge is 0.208 e. The van der Waals surface area contributed by atoms with E-state index in [-0.39, 0.29) is 0 Å². The van der Waals surface area contributed by atoms with Crippen molar-refractivity contribution in [2.45, 2.75) is 31.6 Å². The van der Waals surface area contributed by atoms with Gasteiger partial charge < -0.3 is 0 Å². The first-order chi connectivity index (χ1) is 28.2. The van der Waals surface area contributed by atoms with Crippen LogP contribution in [0.5, 0.6) is 0 Å². The fraction of sp³-hybridized carbons (Fsp3) is 0.137. The van der Waals surface area contributed by atoms with Gasteiger partial charge in [-0.2, -0.15) is 0 Å². The summed E-state index contributed by atoms with van der Waals surface area (Å²) < 4.78 is 0. The molecule has 2 aromatic heterocycles. The number of hydrogen-bond acceptors (Lipinski definition) is 6. The van der Waals surface area contributed by atoms with Crippen molar-refractivity contribution < 1.29 is 0 Å². The van der Waals surface area contributed by atoms with Gasteiger partial charge in [0.25, 0.3) is 0 Å². The molecule has 2 aliphatic carbocycles. The number of hydrogen-bond donors (Lipinski definition) is 0. The van der Waals surface area contributed by atoms with Gasteiger partial charge in [0, 0.05) is 33.4 Å².